The van der Waals surface area contributed by atoms with E-state index in [1.807, 2.05) is 0 Å². The number of methoxy groups -OCH3 is 1. The van der Waals surface area contributed by atoms with Crippen LogP contribution in [0.4, 0.5) is 0 Å². The molecule has 2 N–H and O–H groups in total. The summed E-state index contributed by atoms with van der Waals surface area (Å²) in [6.45, 7) is 0. The highest BCUT2D eigenvalue weighted by molar-refractivity contribution is 6.26. The monoisotopic (exact) mass is 273 g/mol. The molecule has 1 aliphatic rings. The summed E-state index contributed by atoms with van der Waals surface area (Å²) in [6, 6.07) is 4.62. The molecule has 0 spiro atoms. The smallest absolute Gasteiger partial charge is 0.265 e. The van der Waals surface area contributed by atoms with Gasteiger partial charge in [-0.1, -0.05) is 0 Å². The summed E-state index contributed by atoms with van der Waals surface area (Å²) < 4.78 is 5.05. The van der Waals surface area contributed by atoms with E-state index in [1.165, 1.54) is 26.3 Å². The van der Waals surface area contributed by atoms with E-state index >= 15 is 0 Å². The fraction of sp³-hybridized carbons (Fsp3) is 0.143. The highest BCUT2D eigenvalue weighted by Gasteiger charge is 2.39. The number of amides is 2. The number of carbonyl (C=O) groups excluding carboxylic acids is 2. The molecule has 0 aromatic heterocycles. The third-order valence-electron chi connectivity index (χ3n) is 3.50. The minimum Gasteiger partial charge on any atom is -0.506 e. The molecule has 0 fully saturated rings. The molecule has 0 unspecified atom stereocenters. The Balaban J connectivity index is 2.47. The molecule has 20 heavy (non-hydrogen) atoms. The maximum atomic E-state index is 12.0. The van der Waals surface area contributed by atoms with E-state index in [0.717, 1.165) is 4.90 Å². The molecular weight excluding hydrogens is 262 g/mol. The van der Waals surface area contributed by atoms with Gasteiger partial charge in [0.05, 0.1) is 18.2 Å². The van der Waals surface area contributed by atoms with Gasteiger partial charge in [0.15, 0.2) is 0 Å². The van der Waals surface area contributed by atoms with Gasteiger partial charge in [0.25, 0.3) is 11.8 Å². The SMILES string of the molecule is COc1ccc2c(O)c3c(c(O)c2c1)C(=O)N(C)C3=O. The Hall–Kier alpha value is -2.76. The summed E-state index contributed by atoms with van der Waals surface area (Å²) in [5, 5.41) is 21.0. The zero-order valence-electron chi connectivity index (χ0n) is 10.8. The average Bonchev–Trinajstić information content (AvgIpc) is 2.69. The Kier molecular flexibility index (Phi) is 2.37. The Labute approximate surface area is 113 Å². The number of hydrogen-bond donors (Lipinski definition) is 2. The van der Waals surface area contributed by atoms with Crippen molar-refractivity contribution in [3.8, 4) is 17.2 Å². The van der Waals surface area contributed by atoms with Crippen molar-refractivity contribution in [2.75, 3.05) is 14.2 Å². The predicted octanol–water partition coefficient (Wildman–Crippen LogP) is 1.49. The lowest BCUT2D eigenvalue weighted by molar-refractivity contribution is 0.0692. The quantitative estimate of drug-likeness (QED) is 0.607. The Morgan fingerprint density at radius 1 is 1.00 bits per heavy atom. The lowest BCUT2D eigenvalue weighted by atomic mass is 9.99. The van der Waals surface area contributed by atoms with Gasteiger partial charge in [-0.15, -0.1) is 0 Å². The average molecular weight is 273 g/mol. The van der Waals surface area contributed by atoms with Crippen LogP contribution in [0.3, 0.4) is 0 Å². The lowest BCUT2D eigenvalue weighted by Gasteiger charge is -2.09. The van der Waals surface area contributed by atoms with Crippen LogP contribution in [0, 0.1) is 0 Å². The second kappa shape index (κ2) is 3.86. The maximum absolute atomic E-state index is 12.0. The van der Waals surface area contributed by atoms with E-state index < -0.39 is 11.8 Å². The highest BCUT2D eigenvalue weighted by Crippen LogP contribution is 2.44. The van der Waals surface area contributed by atoms with Crippen LogP contribution in [-0.2, 0) is 0 Å². The standard InChI is InChI=1S/C14H11NO5/c1-15-13(18)9-10(14(15)19)12(17)8-5-6(20-2)3-4-7(8)11(9)16/h3-5,16-17H,1-2H3. The summed E-state index contributed by atoms with van der Waals surface area (Å²) in [5.41, 5.74) is -0.330. The van der Waals surface area contributed by atoms with Gasteiger partial charge in [-0.25, -0.2) is 0 Å². The molecule has 6 heteroatoms. The number of imide groups is 1. The molecule has 6 nitrogen and oxygen atoms in total. The van der Waals surface area contributed by atoms with Crippen molar-refractivity contribution in [2.24, 2.45) is 0 Å². The first kappa shape index (κ1) is 12.3. The molecule has 3 rings (SSSR count). The first-order valence-corrected chi connectivity index (χ1v) is 5.85. The van der Waals surface area contributed by atoms with E-state index in [4.69, 9.17) is 4.74 Å². The zero-order valence-corrected chi connectivity index (χ0v) is 10.8. The topological polar surface area (TPSA) is 87.1 Å². The highest BCUT2D eigenvalue weighted by atomic mass is 16.5. The summed E-state index contributed by atoms with van der Waals surface area (Å²) >= 11 is 0. The van der Waals surface area contributed by atoms with Crippen LogP contribution in [0.5, 0.6) is 17.2 Å². The largest absolute Gasteiger partial charge is 0.506 e. The van der Waals surface area contributed by atoms with Crippen molar-refractivity contribution in [2.45, 2.75) is 0 Å². The number of fused-ring (bicyclic) bond motifs is 2. The van der Waals surface area contributed by atoms with Crippen molar-refractivity contribution in [1.29, 1.82) is 0 Å². The fourth-order valence-corrected chi connectivity index (χ4v) is 2.40. The molecular formula is C14H11NO5. The number of ether oxygens (including phenoxy) is 1. The van der Waals surface area contributed by atoms with Crippen molar-refractivity contribution in [3.05, 3.63) is 29.3 Å². The minimum absolute atomic E-state index is 0.160. The van der Waals surface area contributed by atoms with Crippen LogP contribution >= 0.6 is 0 Å². The Morgan fingerprint density at radius 3 is 2.10 bits per heavy atom. The van der Waals surface area contributed by atoms with E-state index in [-0.39, 0.29) is 28.0 Å². The first-order valence-electron chi connectivity index (χ1n) is 5.85. The second-order valence-electron chi connectivity index (χ2n) is 4.53. The predicted molar refractivity (Wildman–Crippen MR) is 70.3 cm³/mol. The number of nitrogens with zero attached hydrogens (tertiary/aromatic N) is 1. The molecule has 0 atom stereocenters. The van der Waals surface area contributed by atoms with Crippen LogP contribution in [0.2, 0.25) is 0 Å². The van der Waals surface area contributed by atoms with Gasteiger partial charge in [0.1, 0.15) is 17.2 Å². The number of phenolic OH excluding ortho intramolecular Hbond substituents is 2. The zero-order chi connectivity index (χ0) is 14.6. The number of benzene rings is 2. The minimum atomic E-state index is -0.637. The van der Waals surface area contributed by atoms with Crippen molar-refractivity contribution < 1.29 is 24.5 Å². The van der Waals surface area contributed by atoms with E-state index in [9.17, 15) is 19.8 Å². The van der Waals surface area contributed by atoms with E-state index in [0.29, 0.717) is 11.1 Å². The Bertz CT molecular complexity index is 781. The number of aromatic hydroxyl groups is 2. The van der Waals surface area contributed by atoms with Gasteiger partial charge in [0, 0.05) is 17.8 Å². The molecule has 1 aliphatic heterocycles. The molecule has 0 radical (unpaired) electrons. The molecule has 0 bridgehead atoms. The molecule has 2 aromatic rings. The normalized spacial score (nSPS) is 14.0. The number of rotatable bonds is 1. The number of carbonyl (C=O) groups is 2. The lowest BCUT2D eigenvalue weighted by Crippen LogP contribution is -2.24. The summed E-state index contributed by atoms with van der Waals surface area (Å²) in [4.78, 5) is 24.8. The maximum Gasteiger partial charge on any atom is 0.265 e. The number of hydrogen-bond acceptors (Lipinski definition) is 5. The third kappa shape index (κ3) is 1.33. The molecule has 2 aromatic carbocycles. The van der Waals surface area contributed by atoms with Crippen LogP contribution in [-0.4, -0.2) is 41.1 Å². The molecule has 0 saturated carbocycles. The van der Waals surface area contributed by atoms with Crippen LogP contribution in [0.1, 0.15) is 20.7 Å². The van der Waals surface area contributed by atoms with Crippen LogP contribution in [0.25, 0.3) is 10.8 Å². The van der Waals surface area contributed by atoms with Crippen molar-refractivity contribution in [1.82, 2.24) is 4.90 Å². The summed E-state index contributed by atoms with van der Waals surface area (Å²) in [6.07, 6.45) is 0. The van der Waals surface area contributed by atoms with Gasteiger partial charge < -0.3 is 14.9 Å². The van der Waals surface area contributed by atoms with Crippen LogP contribution < -0.4 is 4.74 Å². The third-order valence-corrected chi connectivity index (χ3v) is 3.50. The fourth-order valence-electron chi connectivity index (χ4n) is 2.40. The molecule has 2 amide bonds. The van der Waals surface area contributed by atoms with Crippen LogP contribution in [0.15, 0.2) is 18.2 Å². The number of phenols is 2. The summed E-state index contributed by atoms with van der Waals surface area (Å²) in [5.74, 6) is -1.43. The van der Waals surface area contributed by atoms with E-state index in [1.54, 1.807) is 6.07 Å². The van der Waals surface area contributed by atoms with Crippen molar-refractivity contribution in [3.63, 3.8) is 0 Å². The van der Waals surface area contributed by atoms with Crippen molar-refractivity contribution >= 4 is 22.6 Å². The van der Waals surface area contributed by atoms with Gasteiger partial charge in [0.2, 0.25) is 0 Å². The molecule has 0 saturated heterocycles. The summed E-state index contributed by atoms with van der Waals surface area (Å²) in [7, 11) is 2.77. The molecule has 0 aliphatic carbocycles. The van der Waals surface area contributed by atoms with Gasteiger partial charge in [-0.2, -0.15) is 0 Å². The van der Waals surface area contributed by atoms with E-state index in [2.05, 4.69) is 0 Å². The van der Waals surface area contributed by atoms with Gasteiger partial charge in [-0.3, -0.25) is 14.5 Å². The van der Waals surface area contributed by atoms with Gasteiger partial charge >= 0.3 is 0 Å². The van der Waals surface area contributed by atoms with Gasteiger partial charge in [-0.05, 0) is 18.2 Å². The molecule has 1 heterocycles. The second-order valence-corrected chi connectivity index (χ2v) is 4.53. The molecule has 102 valence electrons. The first-order chi connectivity index (χ1) is 9.47. The Morgan fingerprint density at radius 2 is 1.55 bits per heavy atom.